The van der Waals surface area contributed by atoms with Crippen LogP contribution in [-0.2, 0) is 12.7 Å². The highest BCUT2D eigenvalue weighted by Gasteiger charge is 2.30. The van der Waals surface area contributed by atoms with Crippen LogP contribution in [0.5, 0.6) is 0 Å². The molecular weight excluding hydrogens is 513 g/mol. The zero-order valence-electron chi connectivity index (χ0n) is 20.9. The summed E-state index contributed by atoms with van der Waals surface area (Å²) in [6, 6.07) is 11.1. The molecule has 9 nitrogen and oxygen atoms in total. The van der Waals surface area contributed by atoms with Crippen LogP contribution in [0, 0.1) is 5.92 Å². The van der Waals surface area contributed by atoms with Crippen LogP contribution in [0.3, 0.4) is 0 Å². The van der Waals surface area contributed by atoms with E-state index in [1.165, 1.54) is 12.1 Å². The summed E-state index contributed by atoms with van der Waals surface area (Å²) < 4.78 is 41.1. The summed E-state index contributed by atoms with van der Waals surface area (Å²) >= 11 is 0. The zero-order valence-corrected chi connectivity index (χ0v) is 20.9. The Bertz CT molecular complexity index is 1560. The molecule has 2 heterocycles. The van der Waals surface area contributed by atoms with Gasteiger partial charge in [-0.25, -0.2) is 19.7 Å². The average molecular weight is 539 g/mol. The van der Waals surface area contributed by atoms with E-state index >= 15 is 0 Å². The number of imidazole rings is 1. The summed E-state index contributed by atoms with van der Waals surface area (Å²) in [6.07, 6.45) is -1.30. The van der Waals surface area contributed by atoms with Crippen molar-refractivity contribution in [2.45, 2.75) is 44.9 Å². The Kier molecular flexibility index (Phi) is 6.71. The monoisotopic (exact) mass is 538 g/mol. The Hall–Kier alpha value is -4.48. The number of aromatic carboxylic acids is 1. The number of anilines is 1. The van der Waals surface area contributed by atoms with Gasteiger partial charge in [0.2, 0.25) is 11.7 Å². The number of nitrogens with one attached hydrogen (secondary N) is 1. The molecule has 1 atom stereocenters. The number of aromatic nitrogens is 4. The van der Waals surface area contributed by atoms with E-state index in [2.05, 4.69) is 20.3 Å². The highest BCUT2D eigenvalue weighted by Crippen LogP contribution is 2.34. The number of alkyl halides is 3. The summed E-state index contributed by atoms with van der Waals surface area (Å²) in [7, 11) is 0. The Balaban J connectivity index is 1.70. The van der Waals surface area contributed by atoms with Crippen molar-refractivity contribution in [1.29, 1.82) is 0 Å². The maximum Gasteiger partial charge on any atom is 0.416 e. The molecule has 12 heteroatoms. The highest BCUT2D eigenvalue weighted by molar-refractivity contribution is 5.95. The fourth-order valence-corrected chi connectivity index (χ4v) is 4.67. The predicted molar refractivity (Wildman–Crippen MR) is 137 cm³/mol. The van der Waals surface area contributed by atoms with Gasteiger partial charge in [-0.15, -0.1) is 0 Å². The van der Waals surface area contributed by atoms with Gasteiger partial charge in [0.05, 0.1) is 5.56 Å². The first-order valence-electron chi connectivity index (χ1n) is 12.4. The van der Waals surface area contributed by atoms with Gasteiger partial charge in [0, 0.05) is 23.7 Å². The van der Waals surface area contributed by atoms with Gasteiger partial charge < -0.3 is 20.7 Å². The van der Waals surface area contributed by atoms with Crippen LogP contribution >= 0.6 is 0 Å². The first-order valence-corrected chi connectivity index (χ1v) is 12.4. The predicted octanol–water partition coefficient (Wildman–Crippen LogP) is 4.96. The molecule has 39 heavy (non-hydrogen) atoms. The van der Waals surface area contributed by atoms with Gasteiger partial charge in [-0.1, -0.05) is 30.7 Å². The van der Waals surface area contributed by atoms with Gasteiger partial charge in [-0.3, -0.25) is 4.79 Å². The Labute approximate surface area is 220 Å². The fraction of sp³-hybridized carbons (Fsp3) is 0.296. The number of hydrogen-bond donors (Lipinski definition) is 3. The minimum Gasteiger partial charge on any atom is -0.475 e. The molecule has 5 rings (SSSR count). The van der Waals surface area contributed by atoms with Gasteiger partial charge >= 0.3 is 12.1 Å². The summed E-state index contributed by atoms with van der Waals surface area (Å²) in [6.45, 7) is 2.07. The van der Waals surface area contributed by atoms with Crippen LogP contribution in [0.15, 0.2) is 48.5 Å². The molecule has 0 saturated heterocycles. The Morgan fingerprint density at radius 1 is 1.13 bits per heavy atom. The van der Waals surface area contributed by atoms with Crippen molar-refractivity contribution in [3.8, 4) is 11.4 Å². The van der Waals surface area contributed by atoms with Crippen LogP contribution < -0.4 is 11.1 Å². The van der Waals surface area contributed by atoms with Gasteiger partial charge in [0.1, 0.15) is 11.3 Å². The molecule has 1 saturated carbocycles. The summed E-state index contributed by atoms with van der Waals surface area (Å²) in [5.41, 5.74) is 6.44. The van der Waals surface area contributed by atoms with E-state index in [9.17, 15) is 27.9 Å². The third-order valence-electron chi connectivity index (χ3n) is 7.04. The lowest BCUT2D eigenvalue weighted by molar-refractivity contribution is -0.137. The van der Waals surface area contributed by atoms with Crippen molar-refractivity contribution >= 4 is 28.9 Å². The lowest BCUT2D eigenvalue weighted by Crippen LogP contribution is -2.31. The van der Waals surface area contributed by atoms with Crippen molar-refractivity contribution in [1.82, 2.24) is 19.5 Å². The van der Waals surface area contributed by atoms with E-state index < -0.39 is 29.4 Å². The topological polar surface area (TPSA) is 136 Å². The van der Waals surface area contributed by atoms with E-state index in [0.717, 1.165) is 31.4 Å². The van der Waals surface area contributed by atoms with E-state index in [1.54, 1.807) is 28.8 Å². The first kappa shape index (κ1) is 26.1. The zero-order chi connectivity index (χ0) is 27.9. The molecule has 4 N–H and O–H groups in total. The number of halogens is 3. The van der Waals surface area contributed by atoms with Crippen molar-refractivity contribution in [2.75, 3.05) is 5.32 Å². The molecule has 0 unspecified atom stereocenters. The largest absolute Gasteiger partial charge is 0.475 e. The molecule has 1 aliphatic rings. The molecule has 0 radical (unpaired) electrons. The molecule has 202 valence electrons. The minimum absolute atomic E-state index is 0.0189. The SMILES string of the molecule is C[C@@H](Nc1nc(C(=O)O)nc2nc(-c3cccc(C(N)=O)c3)n(Cc3ccc(C(F)(F)F)cc3)c12)C1CCC1. The number of carboxylic acid groups (broad SMARTS) is 1. The Morgan fingerprint density at radius 3 is 2.44 bits per heavy atom. The second-order valence-corrected chi connectivity index (χ2v) is 9.66. The fourth-order valence-electron chi connectivity index (χ4n) is 4.67. The maximum atomic E-state index is 13.1. The van der Waals surface area contributed by atoms with Crippen LogP contribution in [0.1, 0.15) is 58.3 Å². The summed E-state index contributed by atoms with van der Waals surface area (Å²) in [5, 5.41) is 13.0. The van der Waals surface area contributed by atoms with Crippen molar-refractivity contribution < 1.29 is 27.9 Å². The molecule has 0 bridgehead atoms. The first-order chi connectivity index (χ1) is 18.5. The van der Waals surface area contributed by atoms with E-state index in [1.807, 2.05) is 6.92 Å². The number of carboxylic acids is 1. The number of nitrogens with two attached hydrogens (primary N) is 1. The van der Waals surface area contributed by atoms with Gasteiger partial charge in [-0.2, -0.15) is 13.2 Å². The molecule has 1 aliphatic carbocycles. The van der Waals surface area contributed by atoms with Crippen LogP contribution in [0.25, 0.3) is 22.6 Å². The van der Waals surface area contributed by atoms with Crippen molar-refractivity contribution in [3.63, 3.8) is 0 Å². The molecule has 4 aromatic rings. The number of carbonyl (C=O) groups is 2. The number of primary amides is 1. The second kappa shape index (κ2) is 10.0. The average Bonchev–Trinajstić information content (AvgIpc) is 3.21. The third-order valence-corrected chi connectivity index (χ3v) is 7.04. The molecule has 2 aromatic carbocycles. The Morgan fingerprint density at radius 2 is 1.85 bits per heavy atom. The number of benzene rings is 2. The number of hydrogen-bond acceptors (Lipinski definition) is 6. The van der Waals surface area contributed by atoms with Crippen LogP contribution in [0.2, 0.25) is 0 Å². The third kappa shape index (κ3) is 5.27. The van der Waals surface area contributed by atoms with Gasteiger partial charge in [0.25, 0.3) is 0 Å². The molecule has 2 aromatic heterocycles. The van der Waals surface area contributed by atoms with Crippen LogP contribution in [-0.4, -0.2) is 42.5 Å². The quantitative estimate of drug-likeness (QED) is 0.289. The van der Waals surface area contributed by atoms with Crippen molar-refractivity contribution in [2.24, 2.45) is 11.7 Å². The smallest absolute Gasteiger partial charge is 0.416 e. The van der Waals surface area contributed by atoms with Crippen LogP contribution in [0.4, 0.5) is 19.0 Å². The van der Waals surface area contributed by atoms with E-state index in [0.29, 0.717) is 28.4 Å². The minimum atomic E-state index is -4.48. The lowest BCUT2D eigenvalue weighted by atomic mass is 9.80. The number of fused-ring (bicyclic) bond motifs is 1. The number of nitrogens with zero attached hydrogens (tertiary/aromatic N) is 4. The highest BCUT2D eigenvalue weighted by atomic mass is 19.4. The molecular formula is C27H25F3N6O3. The molecule has 0 aliphatic heterocycles. The normalized spacial score (nSPS) is 14.7. The number of rotatable bonds is 8. The maximum absolute atomic E-state index is 13.1. The molecule has 1 amide bonds. The standard InChI is InChI=1S/C27H25F3N6O3/c1-14(16-4-2-5-16)32-22-20-23(34-24(33-22)26(38)39)35-25(18-7-3-6-17(12-18)21(31)37)36(20)13-15-8-10-19(11-9-15)27(28,29)30/h3,6-12,14,16H,2,4-5,13H2,1H3,(H2,31,37)(H,38,39)(H,32,33,34)/t14-/m1/s1. The summed E-state index contributed by atoms with van der Waals surface area (Å²) in [5.74, 6) is -1.45. The summed E-state index contributed by atoms with van der Waals surface area (Å²) in [4.78, 5) is 36.7. The van der Waals surface area contributed by atoms with E-state index in [-0.39, 0.29) is 29.6 Å². The lowest BCUT2D eigenvalue weighted by Gasteiger charge is -2.32. The number of carbonyl (C=O) groups excluding carboxylic acids is 1. The number of amides is 1. The van der Waals surface area contributed by atoms with Crippen molar-refractivity contribution in [3.05, 3.63) is 71.0 Å². The second-order valence-electron chi connectivity index (χ2n) is 9.66. The molecule has 1 fully saturated rings. The molecule has 0 spiro atoms. The van der Waals surface area contributed by atoms with E-state index in [4.69, 9.17) is 5.73 Å². The van der Waals surface area contributed by atoms with Gasteiger partial charge in [0.15, 0.2) is 11.5 Å². The van der Waals surface area contributed by atoms with Gasteiger partial charge in [-0.05, 0) is 55.5 Å².